The van der Waals surface area contributed by atoms with E-state index in [0.717, 1.165) is 0 Å². The summed E-state index contributed by atoms with van der Waals surface area (Å²) in [6, 6.07) is 13.9. The maximum absolute atomic E-state index is 12.3. The summed E-state index contributed by atoms with van der Waals surface area (Å²) in [7, 11) is 3.71. The molecule has 1 aliphatic heterocycles. The van der Waals surface area contributed by atoms with Crippen molar-refractivity contribution in [3.8, 4) is 5.75 Å². The number of rotatable bonds is 9. The Bertz CT molecular complexity index is 897. The Balaban J connectivity index is 1.42. The minimum absolute atomic E-state index is 0.0637. The molecule has 0 radical (unpaired) electrons. The lowest BCUT2D eigenvalue weighted by Crippen LogP contribution is -2.30. The second-order valence-electron chi connectivity index (χ2n) is 7.03. The fourth-order valence-corrected chi connectivity index (χ4v) is 3.03. The van der Waals surface area contributed by atoms with Gasteiger partial charge in [-0.2, -0.15) is 0 Å². The number of nitrogens with zero attached hydrogens (tertiary/aromatic N) is 2. The molecular formula is C23H24N2O4. The van der Waals surface area contributed by atoms with Crippen molar-refractivity contribution in [1.29, 1.82) is 0 Å². The highest BCUT2D eigenvalue weighted by Gasteiger charge is 2.34. The lowest BCUT2D eigenvalue weighted by Gasteiger charge is -2.13. The maximum atomic E-state index is 12.3. The van der Waals surface area contributed by atoms with Crippen molar-refractivity contribution in [2.75, 3.05) is 27.2 Å². The van der Waals surface area contributed by atoms with Crippen molar-refractivity contribution < 1.29 is 19.1 Å². The van der Waals surface area contributed by atoms with Gasteiger partial charge in [0.05, 0.1) is 17.7 Å². The normalized spacial score (nSPS) is 13.1. The number of carbonyl (C=O) groups excluding carboxylic acids is 3. The van der Waals surface area contributed by atoms with Crippen LogP contribution in [0.5, 0.6) is 5.75 Å². The number of imide groups is 1. The van der Waals surface area contributed by atoms with E-state index < -0.39 is 0 Å². The van der Waals surface area contributed by atoms with Crippen molar-refractivity contribution in [1.82, 2.24) is 9.80 Å². The molecular weight excluding hydrogens is 368 g/mol. The Kier molecular flexibility index (Phi) is 6.44. The van der Waals surface area contributed by atoms with Crippen LogP contribution in [0, 0.1) is 0 Å². The molecule has 1 aliphatic rings. The van der Waals surface area contributed by atoms with Crippen LogP contribution in [0.3, 0.4) is 0 Å². The van der Waals surface area contributed by atoms with Crippen molar-refractivity contribution in [3.63, 3.8) is 0 Å². The van der Waals surface area contributed by atoms with Gasteiger partial charge in [-0.25, -0.2) is 0 Å². The van der Waals surface area contributed by atoms with Crippen LogP contribution in [0.15, 0.2) is 60.8 Å². The van der Waals surface area contributed by atoms with E-state index in [1.54, 1.807) is 59.6 Å². The monoisotopic (exact) mass is 392 g/mol. The molecule has 0 spiro atoms. The highest BCUT2D eigenvalue weighted by atomic mass is 16.5. The topological polar surface area (TPSA) is 66.9 Å². The van der Waals surface area contributed by atoms with Crippen molar-refractivity contribution in [3.05, 3.63) is 77.5 Å². The Morgan fingerprint density at radius 3 is 2.17 bits per heavy atom. The first-order valence-electron chi connectivity index (χ1n) is 9.54. The van der Waals surface area contributed by atoms with E-state index >= 15 is 0 Å². The third-order valence-corrected chi connectivity index (χ3v) is 4.59. The highest BCUT2D eigenvalue weighted by molar-refractivity contribution is 6.21. The fourth-order valence-electron chi connectivity index (χ4n) is 3.03. The summed E-state index contributed by atoms with van der Waals surface area (Å²) in [5.41, 5.74) is 1.55. The minimum Gasteiger partial charge on any atom is -0.494 e. The molecule has 0 aliphatic carbocycles. The van der Waals surface area contributed by atoms with Gasteiger partial charge in [-0.3, -0.25) is 19.3 Å². The molecule has 1 heterocycles. The van der Waals surface area contributed by atoms with Crippen molar-refractivity contribution in [2.45, 2.75) is 12.8 Å². The molecule has 0 aromatic heterocycles. The molecule has 3 rings (SSSR count). The van der Waals surface area contributed by atoms with Crippen molar-refractivity contribution in [2.24, 2.45) is 0 Å². The predicted molar refractivity (Wildman–Crippen MR) is 110 cm³/mol. The Labute approximate surface area is 170 Å². The average molecular weight is 392 g/mol. The number of unbranched alkanes of at least 4 members (excludes halogenated alkanes) is 1. The molecule has 150 valence electrons. The predicted octanol–water partition coefficient (Wildman–Crippen LogP) is 3.40. The number of benzene rings is 2. The zero-order chi connectivity index (χ0) is 20.8. The third-order valence-electron chi connectivity index (χ3n) is 4.59. The van der Waals surface area contributed by atoms with E-state index in [9.17, 15) is 14.4 Å². The molecule has 0 N–H and O–H groups in total. The van der Waals surface area contributed by atoms with Gasteiger partial charge in [-0.15, -0.1) is 0 Å². The molecule has 29 heavy (non-hydrogen) atoms. The van der Waals surface area contributed by atoms with Gasteiger partial charge >= 0.3 is 0 Å². The SMILES string of the molecule is CN(C)C=CC(=O)c1ccc(OCCCCN2C(=O)c3ccccc3C2=O)cc1. The van der Waals surface area contributed by atoms with Crippen LogP contribution < -0.4 is 4.74 Å². The first-order valence-corrected chi connectivity index (χ1v) is 9.54. The van der Waals surface area contributed by atoms with Gasteiger partial charge in [0.2, 0.25) is 0 Å². The van der Waals surface area contributed by atoms with E-state index in [0.29, 0.717) is 48.4 Å². The summed E-state index contributed by atoms with van der Waals surface area (Å²) in [6.45, 7) is 0.846. The summed E-state index contributed by atoms with van der Waals surface area (Å²) < 4.78 is 5.69. The van der Waals surface area contributed by atoms with Crippen LogP contribution in [-0.2, 0) is 0 Å². The van der Waals surface area contributed by atoms with Crippen LogP contribution in [0.25, 0.3) is 0 Å². The molecule has 2 aromatic rings. The molecule has 0 atom stereocenters. The largest absolute Gasteiger partial charge is 0.494 e. The molecule has 2 amide bonds. The highest BCUT2D eigenvalue weighted by Crippen LogP contribution is 2.22. The number of ketones is 1. The van der Waals surface area contributed by atoms with E-state index in [-0.39, 0.29) is 17.6 Å². The van der Waals surface area contributed by atoms with Gasteiger partial charge in [0, 0.05) is 38.5 Å². The van der Waals surface area contributed by atoms with Gasteiger partial charge in [0.25, 0.3) is 11.8 Å². The maximum Gasteiger partial charge on any atom is 0.261 e. The number of amides is 2. The molecule has 0 fully saturated rings. The number of hydrogen-bond donors (Lipinski definition) is 0. The van der Waals surface area contributed by atoms with E-state index in [1.807, 2.05) is 14.1 Å². The Morgan fingerprint density at radius 2 is 1.59 bits per heavy atom. The molecule has 0 bridgehead atoms. The lowest BCUT2D eigenvalue weighted by molar-refractivity contribution is 0.0649. The average Bonchev–Trinajstić information content (AvgIpc) is 2.97. The lowest BCUT2D eigenvalue weighted by atomic mass is 10.1. The van der Waals surface area contributed by atoms with Crippen LogP contribution in [0.2, 0.25) is 0 Å². The standard InChI is InChI=1S/C23H24N2O4/c1-24(2)15-13-21(26)17-9-11-18(12-10-17)29-16-6-5-14-25-22(27)19-7-3-4-8-20(19)23(25)28/h3-4,7-13,15H,5-6,14,16H2,1-2H3. The number of fused-ring (bicyclic) bond motifs is 1. The van der Waals surface area contributed by atoms with Gasteiger partial charge in [0.15, 0.2) is 5.78 Å². The number of ether oxygens (including phenoxy) is 1. The summed E-state index contributed by atoms with van der Waals surface area (Å²) >= 11 is 0. The first-order chi connectivity index (χ1) is 14.0. The first kappa shape index (κ1) is 20.3. The fraction of sp³-hybridized carbons (Fsp3) is 0.261. The zero-order valence-corrected chi connectivity index (χ0v) is 16.6. The second-order valence-corrected chi connectivity index (χ2v) is 7.03. The molecule has 0 saturated heterocycles. The molecule has 6 heteroatoms. The van der Waals surface area contributed by atoms with E-state index in [4.69, 9.17) is 4.74 Å². The quantitative estimate of drug-likeness (QED) is 0.283. The van der Waals surface area contributed by atoms with E-state index in [1.165, 1.54) is 11.0 Å². The van der Waals surface area contributed by atoms with Crippen LogP contribution in [0.4, 0.5) is 0 Å². The smallest absolute Gasteiger partial charge is 0.261 e. The van der Waals surface area contributed by atoms with Gasteiger partial charge < -0.3 is 9.64 Å². The number of hydrogen-bond acceptors (Lipinski definition) is 5. The van der Waals surface area contributed by atoms with Crippen LogP contribution in [0.1, 0.15) is 43.9 Å². The van der Waals surface area contributed by atoms with Gasteiger partial charge in [-0.05, 0) is 49.2 Å². The van der Waals surface area contributed by atoms with Crippen molar-refractivity contribution >= 4 is 17.6 Å². The summed E-state index contributed by atoms with van der Waals surface area (Å²) in [4.78, 5) is 39.7. The Morgan fingerprint density at radius 1 is 0.966 bits per heavy atom. The molecule has 2 aromatic carbocycles. The molecule has 0 saturated carbocycles. The number of allylic oxidation sites excluding steroid dienone is 1. The molecule has 6 nitrogen and oxygen atoms in total. The zero-order valence-electron chi connectivity index (χ0n) is 16.6. The van der Waals surface area contributed by atoms with Crippen LogP contribution >= 0.6 is 0 Å². The third kappa shape index (κ3) is 4.90. The van der Waals surface area contributed by atoms with Gasteiger partial charge in [-0.1, -0.05) is 12.1 Å². The second kappa shape index (κ2) is 9.19. The summed E-state index contributed by atoms with van der Waals surface area (Å²) in [5, 5.41) is 0. The Hall–Kier alpha value is -3.41. The summed E-state index contributed by atoms with van der Waals surface area (Å²) in [5.74, 6) is 0.162. The summed E-state index contributed by atoms with van der Waals surface area (Å²) in [6.07, 6.45) is 4.60. The minimum atomic E-state index is -0.227. The van der Waals surface area contributed by atoms with Crippen LogP contribution in [-0.4, -0.2) is 54.6 Å². The molecule has 0 unspecified atom stereocenters. The van der Waals surface area contributed by atoms with E-state index in [2.05, 4.69) is 0 Å². The van der Waals surface area contributed by atoms with Gasteiger partial charge in [0.1, 0.15) is 5.75 Å². The number of carbonyl (C=O) groups is 3.